The molecule has 3 fully saturated rings. The van der Waals surface area contributed by atoms with E-state index in [-0.39, 0.29) is 10.8 Å². The van der Waals surface area contributed by atoms with Gasteiger partial charge in [0.15, 0.2) is 11.6 Å². The largest absolute Gasteiger partial charge is 0.295 e. The molecule has 4 aliphatic carbocycles. The van der Waals surface area contributed by atoms with Crippen LogP contribution in [0.3, 0.4) is 0 Å². The number of fused-ring (bicyclic) bond motifs is 5. The quantitative estimate of drug-likeness (QED) is 0.610. The molecule has 0 saturated heterocycles. The Morgan fingerprint density at radius 2 is 1.83 bits per heavy atom. The molecule has 0 N–H and O–H groups in total. The van der Waals surface area contributed by atoms with Crippen molar-refractivity contribution in [3.05, 3.63) is 23.3 Å². The lowest BCUT2D eigenvalue weighted by atomic mass is 9.47. The van der Waals surface area contributed by atoms with Crippen molar-refractivity contribution < 1.29 is 9.59 Å². The normalized spacial score (nSPS) is 47.9. The summed E-state index contributed by atoms with van der Waals surface area (Å²) in [5.41, 5.74) is 2.83. The maximum atomic E-state index is 12.5. The van der Waals surface area contributed by atoms with Gasteiger partial charge < -0.3 is 0 Å². The SMILES string of the molecule is C/C=C1\C(=O)C[C@@H]2[C@@H]3CCC4=CC(=O)CC[C@]4(C)[C@@H]3CC[C@]12C. The molecule has 0 unspecified atom stereocenters. The average molecular weight is 312 g/mol. The van der Waals surface area contributed by atoms with Crippen LogP contribution in [0.4, 0.5) is 0 Å². The maximum absolute atomic E-state index is 12.5. The molecule has 124 valence electrons. The van der Waals surface area contributed by atoms with Gasteiger partial charge in [0.1, 0.15) is 0 Å². The van der Waals surface area contributed by atoms with E-state index in [1.807, 2.05) is 13.0 Å². The Morgan fingerprint density at radius 3 is 2.57 bits per heavy atom. The number of allylic oxidation sites excluding steroid dienone is 3. The minimum Gasteiger partial charge on any atom is -0.295 e. The lowest BCUT2D eigenvalue weighted by Crippen LogP contribution is -2.49. The Labute approximate surface area is 139 Å². The van der Waals surface area contributed by atoms with Gasteiger partial charge in [0.05, 0.1) is 0 Å². The zero-order valence-corrected chi connectivity index (χ0v) is 14.7. The van der Waals surface area contributed by atoms with E-state index in [1.54, 1.807) is 0 Å². The molecule has 0 amide bonds. The molecule has 0 aromatic carbocycles. The van der Waals surface area contributed by atoms with Crippen LogP contribution in [0, 0.1) is 28.6 Å². The van der Waals surface area contributed by atoms with Crippen LogP contribution in [0.2, 0.25) is 0 Å². The van der Waals surface area contributed by atoms with Gasteiger partial charge in [-0.2, -0.15) is 0 Å². The predicted octanol–water partition coefficient (Wildman–Crippen LogP) is 4.64. The summed E-state index contributed by atoms with van der Waals surface area (Å²) >= 11 is 0. The Kier molecular flexibility index (Phi) is 3.28. The van der Waals surface area contributed by atoms with Crippen LogP contribution in [-0.2, 0) is 9.59 Å². The molecule has 5 atom stereocenters. The van der Waals surface area contributed by atoms with Gasteiger partial charge in [-0.1, -0.05) is 25.5 Å². The van der Waals surface area contributed by atoms with Gasteiger partial charge >= 0.3 is 0 Å². The third-order valence-electron chi connectivity index (χ3n) is 7.96. The molecule has 0 radical (unpaired) electrons. The van der Waals surface area contributed by atoms with E-state index in [9.17, 15) is 9.59 Å². The van der Waals surface area contributed by atoms with Crippen LogP contribution in [0.25, 0.3) is 0 Å². The maximum Gasteiger partial charge on any atom is 0.159 e. The summed E-state index contributed by atoms with van der Waals surface area (Å²) in [4.78, 5) is 24.4. The first-order valence-corrected chi connectivity index (χ1v) is 9.34. The van der Waals surface area contributed by atoms with E-state index in [2.05, 4.69) is 19.9 Å². The molecule has 23 heavy (non-hydrogen) atoms. The Bertz CT molecular complexity index is 640. The van der Waals surface area contributed by atoms with Crippen LogP contribution in [0.5, 0.6) is 0 Å². The topological polar surface area (TPSA) is 34.1 Å². The fourth-order valence-corrected chi connectivity index (χ4v) is 6.71. The molecule has 0 aromatic heterocycles. The van der Waals surface area contributed by atoms with Gasteiger partial charge in [-0.25, -0.2) is 0 Å². The first kappa shape index (κ1) is 15.4. The van der Waals surface area contributed by atoms with Gasteiger partial charge in [-0.05, 0) is 79.3 Å². The average Bonchev–Trinajstić information content (AvgIpc) is 2.77. The molecule has 0 aliphatic heterocycles. The van der Waals surface area contributed by atoms with Crippen molar-refractivity contribution in [2.45, 2.75) is 65.7 Å². The number of Topliss-reactive ketones (excluding diaryl/α,β-unsaturated/α-hetero) is 1. The van der Waals surface area contributed by atoms with Crippen molar-refractivity contribution in [2.75, 3.05) is 0 Å². The van der Waals surface area contributed by atoms with Gasteiger partial charge in [0.25, 0.3) is 0 Å². The highest BCUT2D eigenvalue weighted by Crippen LogP contribution is 2.65. The lowest BCUT2D eigenvalue weighted by Gasteiger charge is -2.57. The van der Waals surface area contributed by atoms with Crippen LogP contribution in [-0.4, -0.2) is 11.6 Å². The number of hydrogen-bond acceptors (Lipinski definition) is 2. The second kappa shape index (κ2) is 4.91. The smallest absolute Gasteiger partial charge is 0.159 e. The molecule has 0 bridgehead atoms. The van der Waals surface area contributed by atoms with Crippen molar-refractivity contribution in [3.8, 4) is 0 Å². The highest BCUT2D eigenvalue weighted by atomic mass is 16.1. The summed E-state index contributed by atoms with van der Waals surface area (Å²) in [6.07, 6.45) is 11.1. The fourth-order valence-electron chi connectivity index (χ4n) is 6.71. The molecule has 4 aliphatic rings. The molecule has 2 heteroatoms. The molecule has 0 heterocycles. The van der Waals surface area contributed by atoms with Gasteiger partial charge in [-0.3, -0.25) is 9.59 Å². The first-order chi connectivity index (χ1) is 10.9. The van der Waals surface area contributed by atoms with E-state index in [0.29, 0.717) is 35.7 Å². The second-order valence-electron chi connectivity index (χ2n) is 8.75. The molecular formula is C21H28O2. The van der Waals surface area contributed by atoms with Crippen molar-refractivity contribution >= 4 is 11.6 Å². The standard InChI is InChI=1S/C21H28O2/c1-4-16-19(23)12-18-15-6-5-13-11-14(22)7-9-20(13,2)17(15)8-10-21(16,18)3/h4,11,15,17-18H,5-10,12H2,1-3H3/b16-4+/t15-,17-,18-,20+,21-/m1/s1. The van der Waals surface area contributed by atoms with Crippen molar-refractivity contribution in [1.29, 1.82) is 0 Å². The van der Waals surface area contributed by atoms with Crippen LogP contribution < -0.4 is 0 Å². The highest BCUT2D eigenvalue weighted by Gasteiger charge is 2.59. The zero-order valence-electron chi connectivity index (χ0n) is 14.7. The monoisotopic (exact) mass is 312 g/mol. The third kappa shape index (κ3) is 1.93. The van der Waals surface area contributed by atoms with E-state index in [0.717, 1.165) is 31.3 Å². The third-order valence-corrected chi connectivity index (χ3v) is 7.96. The second-order valence-corrected chi connectivity index (χ2v) is 8.75. The van der Waals surface area contributed by atoms with E-state index >= 15 is 0 Å². The lowest BCUT2D eigenvalue weighted by molar-refractivity contribution is -0.117. The molecule has 3 saturated carbocycles. The van der Waals surface area contributed by atoms with Crippen LogP contribution >= 0.6 is 0 Å². The molecule has 0 spiro atoms. The van der Waals surface area contributed by atoms with Crippen molar-refractivity contribution in [1.82, 2.24) is 0 Å². The fraction of sp³-hybridized carbons (Fsp3) is 0.714. The van der Waals surface area contributed by atoms with E-state index in [4.69, 9.17) is 0 Å². The number of rotatable bonds is 0. The van der Waals surface area contributed by atoms with Crippen LogP contribution in [0.1, 0.15) is 65.7 Å². The van der Waals surface area contributed by atoms with Crippen molar-refractivity contribution in [3.63, 3.8) is 0 Å². The summed E-state index contributed by atoms with van der Waals surface area (Å²) in [6.45, 7) is 6.77. The summed E-state index contributed by atoms with van der Waals surface area (Å²) < 4.78 is 0. The molecule has 0 aromatic rings. The zero-order chi connectivity index (χ0) is 16.4. The molecular weight excluding hydrogens is 284 g/mol. The number of carbonyl (C=O) groups is 2. The summed E-state index contributed by atoms with van der Waals surface area (Å²) in [7, 11) is 0. The summed E-state index contributed by atoms with van der Waals surface area (Å²) in [5.74, 6) is 2.56. The van der Waals surface area contributed by atoms with Gasteiger partial charge in [-0.15, -0.1) is 0 Å². The highest BCUT2D eigenvalue weighted by molar-refractivity contribution is 5.99. The van der Waals surface area contributed by atoms with Crippen LogP contribution in [0.15, 0.2) is 23.3 Å². The molecule has 2 nitrogen and oxygen atoms in total. The minimum absolute atomic E-state index is 0.106. The summed E-state index contributed by atoms with van der Waals surface area (Å²) in [6, 6.07) is 0. The Hall–Kier alpha value is -1.18. The predicted molar refractivity (Wildman–Crippen MR) is 90.9 cm³/mol. The number of hydrogen-bond donors (Lipinski definition) is 0. The van der Waals surface area contributed by atoms with E-state index < -0.39 is 0 Å². The summed E-state index contributed by atoms with van der Waals surface area (Å²) in [5, 5.41) is 0. The number of ketones is 2. The van der Waals surface area contributed by atoms with Gasteiger partial charge in [0, 0.05) is 12.8 Å². The van der Waals surface area contributed by atoms with Crippen molar-refractivity contribution in [2.24, 2.45) is 28.6 Å². The minimum atomic E-state index is 0.106. The van der Waals surface area contributed by atoms with E-state index in [1.165, 1.54) is 18.4 Å². The number of carbonyl (C=O) groups excluding carboxylic acids is 2. The Morgan fingerprint density at radius 1 is 1.04 bits per heavy atom. The first-order valence-electron chi connectivity index (χ1n) is 9.34. The molecule has 4 rings (SSSR count). The van der Waals surface area contributed by atoms with Gasteiger partial charge in [0.2, 0.25) is 0 Å². The Balaban J connectivity index is 1.72.